The van der Waals surface area contributed by atoms with Crippen LogP contribution in [0.4, 0.5) is 5.69 Å². The highest BCUT2D eigenvalue weighted by Crippen LogP contribution is 2.36. The van der Waals surface area contributed by atoms with Crippen LogP contribution in [0.5, 0.6) is 17.2 Å². The molecule has 2 N–H and O–H groups in total. The molecule has 7 heteroatoms. The molecule has 7 nitrogen and oxygen atoms in total. The normalized spacial score (nSPS) is 15.7. The standard InChI is InChI=1S/C30H32N2O5/c1-19-7-8-20(2)25(17-19)32(30(35)22-11-14-26-27(18-22)37-16-15-36-26)28(21-9-12-24(33)13-10-21)29(34)31-23-5-3-4-6-23/h7-14,17-18,23,28,33H,3-6,15-16H2,1-2H3,(H,31,34)/t28-/m1/s1. The van der Waals surface area contributed by atoms with Crippen molar-refractivity contribution in [3.63, 3.8) is 0 Å². The van der Waals surface area contributed by atoms with E-state index >= 15 is 0 Å². The van der Waals surface area contributed by atoms with Crippen molar-refractivity contribution in [2.45, 2.75) is 51.6 Å². The number of carbonyl (C=O) groups excluding carboxylic acids is 2. The number of ether oxygens (including phenoxy) is 2. The van der Waals surface area contributed by atoms with Crippen LogP contribution in [0.3, 0.4) is 0 Å². The van der Waals surface area contributed by atoms with Gasteiger partial charge in [0.15, 0.2) is 11.5 Å². The summed E-state index contributed by atoms with van der Waals surface area (Å²) in [5.74, 6) is 0.620. The van der Waals surface area contributed by atoms with Crippen LogP contribution in [0.2, 0.25) is 0 Å². The molecule has 2 amide bonds. The van der Waals surface area contributed by atoms with Gasteiger partial charge in [0, 0.05) is 17.3 Å². The summed E-state index contributed by atoms with van der Waals surface area (Å²) in [4.78, 5) is 29.8. The van der Waals surface area contributed by atoms with Crippen LogP contribution in [-0.2, 0) is 4.79 Å². The van der Waals surface area contributed by atoms with E-state index in [-0.39, 0.29) is 23.6 Å². The fourth-order valence-electron chi connectivity index (χ4n) is 5.08. The Kier molecular flexibility index (Phi) is 7.04. The molecule has 3 aromatic carbocycles. The zero-order valence-corrected chi connectivity index (χ0v) is 21.2. The number of hydrogen-bond donors (Lipinski definition) is 2. The quantitative estimate of drug-likeness (QED) is 0.484. The molecule has 1 saturated carbocycles. The Bertz CT molecular complexity index is 1300. The van der Waals surface area contributed by atoms with Crippen LogP contribution in [-0.4, -0.2) is 36.2 Å². The minimum atomic E-state index is -0.942. The minimum Gasteiger partial charge on any atom is -0.508 e. The maximum atomic E-state index is 14.3. The summed E-state index contributed by atoms with van der Waals surface area (Å²) in [6.45, 7) is 4.76. The topological polar surface area (TPSA) is 88.1 Å². The summed E-state index contributed by atoms with van der Waals surface area (Å²) in [5.41, 5.74) is 3.50. The molecule has 37 heavy (non-hydrogen) atoms. The largest absolute Gasteiger partial charge is 0.508 e. The Hall–Kier alpha value is -4.00. The number of aryl methyl sites for hydroxylation is 2. The molecule has 1 aliphatic carbocycles. The van der Waals surface area contributed by atoms with Crippen LogP contribution >= 0.6 is 0 Å². The van der Waals surface area contributed by atoms with E-state index in [4.69, 9.17) is 9.47 Å². The Morgan fingerprint density at radius 2 is 1.62 bits per heavy atom. The van der Waals surface area contributed by atoms with Gasteiger partial charge in [0.05, 0.1) is 0 Å². The summed E-state index contributed by atoms with van der Waals surface area (Å²) < 4.78 is 11.4. The lowest BCUT2D eigenvalue weighted by molar-refractivity contribution is -0.123. The SMILES string of the molecule is Cc1ccc(C)c(N(C(=O)c2ccc3c(c2)OCCO3)[C@@H](C(=O)NC2CCCC2)c2ccc(O)cc2)c1. The van der Waals surface area contributed by atoms with Gasteiger partial charge in [0.25, 0.3) is 5.91 Å². The van der Waals surface area contributed by atoms with Gasteiger partial charge < -0.3 is 19.9 Å². The van der Waals surface area contributed by atoms with E-state index in [9.17, 15) is 14.7 Å². The molecule has 1 atom stereocenters. The van der Waals surface area contributed by atoms with Crippen molar-refractivity contribution in [2.24, 2.45) is 0 Å². The maximum absolute atomic E-state index is 14.3. The summed E-state index contributed by atoms with van der Waals surface area (Å²) in [6, 6.07) is 16.6. The van der Waals surface area contributed by atoms with E-state index in [0.29, 0.717) is 41.5 Å². The number of carbonyl (C=O) groups is 2. The van der Waals surface area contributed by atoms with Crippen LogP contribution in [0, 0.1) is 13.8 Å². The highest BCUT2D eigenvalue weighted by atomic mass is 16.6. The molecule has 2 aliphatic rings. The Labute approximate surface area is 217 Å². The van der Waals surface area contributed by atoms with Gasteiger partial charge in [-0.1, -0.05) is 37.1 Å². The predicted molar refractivity (Wildman–Crippen MR) is 141 cm³/mol. The lowest BCUT2D eigenvalue weighted by Crippen LogP contribution is -2.46. The number of hydrogen-bond acceptors (Lipinski definition) is 5. The molecule has 1 heterocycles. The van der Waals surface area contributed by atoms with Gasteiger partial charge in [0.2, 0.25) is 5.91 Å². The fourth-order valence-corrected chi connectivity index (χ4v) is 5.08. The Morgan fingerprint density at radius 3 is 2.35 bits per heavy atom. The molecule has 0 spiro atoms. The number of aromatic hydroxyl groups is 1. The van der Waals surface area contributed by atoms with Gasteiger partial charge in [-0.2, -0.15) is 0 Å². The average molecular weight is 501 g/mol. The molecule has 0 aromatic heterocycles. The van der Waals surface area contributed by atoms with Gasteiger partial charge in [-0.05, 0) is 79.8 Å². The second-order valence-electron chi connectivity index (χ2n) is 9.81. The predicted octanol–water partition coefficient (Wildman–Crippen LogP) is 5.23. The summed E-state index contributed by atoms with van der Waals surface area (Å²) >= 11 is 0. The highest BCUT2D eigenvalue weighted by molar-refractivity contribution is 6.10. The monoisotopic (exact) mass is 500 g/mol. The number of phenols is 1. The first-order valence-corrected chi connectivity index (χ1v) is 12.8. The smallest absolute Gasteiger partial charge is 0.259 e. The van der Waals surface area contributed by atoms with Crippen molar-refractivity contribution in [2.75, 3.05) is 18.1 Å². The highest BCUT2D eigenvalue weighted by Gasteiger charge is 2.36. The van der Waals surface area contributed by atoms with Crippen LogP contribution < -0.4 is 19.7 Å². The Balaban J connectivity index is 1.63. The van der Waals surface area contributed by atoms with Crippen LogP contribution in [0.15, 0.2) is 60.7 Å². The zero-order chi connectivity index (χ0) is 25.9. The first-order valence-electron chi connectivity index (χ1n) is 12.8. The molecule has 1 fully saturated rings. The molecule has 3 aromatic rings. The molecule has 5 rings (SSSR count). The maximum Gasteiger partial charge on any atom is 0.259 e. The molecule has 1 aliphatic heterocycles. The number of amides is 2. The zero-order valence-electron chi connectivity index (χ0n) is 21.2. The third kappa shape index (κ3) is 5.26. The lowest BCUT2D eigenvalue weighted by Gasteiger charge is -2.34. The van der Waals surface area contributed by atoms with Crippen molar-refractivity contribution >= 4 is 17.5 Å². The van der Waals surface area contributed by atoms with E-state index in [2.05, 4.69) is 5.32 Å². The molecule has 0 unspecified atom stereocenters. The molecular weight excluding hydrogens is 468 g/mol. The van der Waals surface area contributed by atoms with Gasteiger partial charge in [-0.15, -0.1) is 0 Å². The third-order valence-electron chi connectivity index (χ3n) is 7.05. The van der Waals surface area contributed by atoms with Crippen LogP contribution in [0.25, 0.3) is 0 Å². The number of anilines is 1. The summed E-state index contributed by atoms with van der Waals surface area (Å²) in [5, 5.41) is 13.1. The second-order valence-corrected chi connectivity index (χ2v) is 9.81. The number of nitrogens with zero attached hydrogens (tertiary/aromatic N) is 1. The third-order valence-corrected chi connectivity index (χ3v) is 7.05. The van der Waals surface area contributed by atoms with Crippen molar-refractivity contribution < 1.29 is 24.2 Å². The van der Waals surface area contributed by atoms with Crippen molar-refractivity contribution in [1.29, 1.82) is 0 Å². The van der Waals surface area contributed by atoms with E-state index in [0.717, 1.165) is 36.8 Å². The first kappa shape index (κ1) is 24.7. The van der Waals surface area contributed by atoms with Gasteiger partial charge in [0.1, 0.15) is 25.0 Å². The average Bonchev–Trinajstić information content (AvgIpc) is 3.42. The van der Waals surface area contributed by atoms with Crippen molar-refractivity contribution in [3.8, 4) is 17.2 Å². The number of phenolic OH excluding ortho intramolecular Hbond substituents is 1. The molecule has 0 saturated heterocycles. The molecule has 0 bridgehead atoms. The lowest BCUT2D eigenvalue weighted by atomic mass is 9.99. The van der Waals surface area contributed by atoms with Gasteiger partial charge >= 0.3 is 0 Å². The summed E-state index contributed by atoms with van der Waals surface area (Å²) in [7, 11) is 0. The van der Waals surface area contributed by atoms with Crippen LogP contribution in [0.1, 0.15) is 58.8 Å². The fraction of sp³-hybridized carbons (Fsp3) is 0.333. The molecular formula is C30H32N2O5. The van der Waals surface area contributed by atoms with Gasteiger partial charge in [-0.25, -0.2) is 0 Å². The van der Waals surface area contributed by atoms with E-state index < -0.39 is 6.04 Å². The number of nitrogens with one attached hydrogen (secondary N) is 1. The molecule has 0 radical (unpaired) electrons. The molecule has 192 valence electrons. The number of benzene rings is 3. The van der Waals surface area contributed by atoms with Crippen molar-refractivity contribution in [1.82, 2.24) is 5.32 Å². The van der Waals surface area contributed by atoms with E-state index in [1.54, 1.807) is 47.4 Å². The van der Waals surface area contributed by atoms with Gasteiger partial charge in [-0.3, -0.25) is 14.5 Å². The minimum absolute atomic E-state index is 0.0805. The second kappa shape index (κ2) is 10.5. The van der Waals surface area contributed by atoms with Crippen molar-refractivity contribution in [3.05, 3.63) is 82.9 Å². The number of rotatable bonds is 6. The number of fused-ring (bicyclic) bond motifs is 1. The summed E-state index contributed by atoms with van der Waals surface area (Å²) in [6.07, 6.45) is 4.00. The van der Waals surface area contributed by atoms with E-state index in [1.807, 2.05) is 32.0 Å². The first-order chi connectivity index (χ1) is 17.9. The Morgan fingerprint density at radius 1 is 0.919 bits per heavy atom. The van der Waals surface area contributed by atoms with E-state index in [1.165, 1.54) is 0 Å².